The second kappa shape index (κ2) is 8.78. The van der Waals surface area contributed by atoms with Crippen molar-refractivity contribution in [2.45, 2.75) is 57.3 Å². The van der Waals surface area contributed by atoms with Gasteiger partial charge in [-0.3, -0.25) is 4.79 Å². The minimum atomic E-state index is -0.829. The number of nitrogens with zero attached hydrogens (tertiary/aromatic N) is 3. The van der Waals surface area contributed by atoms with Crippen molar-refractivity contribution >= 4 is 45.8 Å². The van der Waals surface area contributed by atoms with E-state index in [-0.39, 0.29) is 11.3 Å². The van der Waals surface area contributed by atoms with Crippen molar-refractivity contribution < 1.29 is 4.79 Å². The number of amides is 1. The van der Waals surface area contributed by atoms with Crippen molar-refractivity contribution in [3.05, 3.63) is 98.8 Å². The summed E-state index contributed by atoms with van der Waals surface area (Å²) in [5.74, 6) is -0.655. The molecule has 196 valence electrons. The Labute approximate surface area is 238 Å². The number of aryl methyl sites for hydroxylation is 1. The van der Waals surface area contributed by atoms with E-state index in [1.165, 1.54) is 0 Å². The third-order valence-electron chi connectivity index (χ3n) is 9.57. The van der Waals surface area contributed by atoms with Gasteiger partial charge in [-0.05, 0) is 72.2 Å². The van der Waals surface area contributed by atoms with Crippen LogP contribution >= 0.6 is 23.2 Å². The lowest BCUT2D eigenvalue weighted by Gasteiger charge is -2.39. The summed E-state index contributed by atoms with van der Waals surface area (Å²) in [6.45, 7) is 8.47. The molecule has 3 atom stereocenters. The Bertz CT molecular complexity index is 1710. The van der Waals surface area contributed by atoms with Gasteiger partial charge in [0.05, 0.1) is 39.8 Å². The summed E-state index contributed by atoms with van der Waals surface area (Å²) in [6.07, 6.45) is 1.55. The van der Waals surface area contributed by atoms with Crippen LogP contribution in [0.25, 0.3) is 11.0 Å². The van der Waals surface area contributed by atoms with Gasteiger partial charge in [-0.1, -0.05) is 74.3 Å². The molecule has 1 fully saturated rings. The van der Waals surface area contributed by atoms with Crippen LogP contribution < -0.4 is 5.32 Å². The Hall–Kier alpha value is -3.46. The van der Waals surface area contributed by atoms with E-state index < -0.39 is 16.7 Å². The number of aromatic nitrogens is 2. The molecular formula is C32H28Cl2N4O. The highest BCUT2D eigenvalue weighted by molar-refractivity contribution is 6.32. The van der Waals surface area contributed by atoms with E-state index in [0.29, 0.717) is 27.7 Å². The van der Waals surface area contributed by atoms with Crippen molar-refractivity contribution in [3.8, 4) is 6.07 Å². The molecule has 1 heterocycles. The van der Waals surface area contributed by atoms with Crippen LogP contribution in [0.4, 0.5) is 5.69 Å². The largest absolute Gasteiger partial charge is 0.325 e. The summed E-state index contributed by atoms with van der Waals surface area (Å²) in [6, 6.07) is 21.0. The lowest BCUT2D eigenvalue weighted by Crippen LogP contribution is -2.48. The van der Waals surface area contributed by atoms with Gasteiger partial charge in [-0.25, -0.2) is 9.97 Å². The molecule has 7 heteroatoms. The van der Waals surface area contributed by atoms with Crippen LogP contribution in [0.2, 0.25) is 10.0 Å². The highest BCUT2D eigenvalue weighted by Crippen LogP contribution is 2.70. The second-order valence-electron chi connectivity index (χ2n) is 11.5. The molecule has 0 saturated heterocycles. The number of halogens is 2. The first-order valence-electron chi connectivity index (χ1n) is 13.1. The number of hydrogen-bond acceptors (Lipinski definition) is 4. The van der Waals surface area contributed by atoms with Gasteiger partial charge in [0.1, 0.15) is 0 Å². The number of nitriles is 1. The second-order valence-corrected chi connectivity index (χ2v) is 12.4. The molecule has 2 bridgehead atoms. The molecule has 1 N–H and O–H groups in total. The summed E-state index contributed by atoms with van der Waals surface area (Å²) in [5.41, 5.74) is 4.80. The molecule has 1 saturated carbocycles. The third-order valence-corrected chi connectivity index (χ3v) is 10.1. The number of hydrogen-bond donors (Lipinski definition) is 1. The molecule has 0 aliphatic heterocycles. The quantitative estimate of drug-likeness (QED) is 0.278. The Morgan fingerprint density at radius 3 is 2.26 bits per heavy atom. The average molecular weight is 556 g/mol. The maximum Gasteiger partial charge on any atom is 0.237 e. The Morgan fingerprint density at radius 2 is 1.62 bits per heavy atom. The smallest absolute Gasteiger partial charge is 0.237 e. The van der Waals surface area contributed by atoms with E-state index in [9.17, 15) is 10.1 Å². The maximum absolute atomic E-state index is 14.4. The highest BCUT2D eigenvalue weighted by Gasteiger charge is 2.73. The SMILES string of the molecule is Cc1cc(C(C#N)c2ccc(Cl)cc2)c(Cl)cc1NC(=O)C12CCC(C)(c3nc4ccccc4nc31)C2(C)C. The van der Waals surface area contributed by atoms with Crippen LogP contribution in [0.5, 0.6) is 0 Å². The van der Waals surface area contributed by atoms with Crippen molar-refractivity contribution in [1.82, 2.24) is 9.97 Å². The van der Waals surface area contributed by atoms with Crippen molar-refractivity contribution in [1.29, 1.82) is 5.26 Å². The van der Waals surface area contributed by atoms with Crippen LogP contribution in [0, 0.1) is 23.7 Å². The summed E-state index contributed by atoms with van der Waals surface area (Å²) in [5, 5.41) is 14.2. The molecule has 2 aliphatic rings. The maximum atomic E-state index is 14.4. The zero-order chi connectivity index (χ0) is 27.7. The number of carbonyl (C=O) groups is 1. The summed E-state index contributed by atoms with van der Waals surface area (Å²) in [7, 11) is 0. The number of rotatable bonds is 4. The Morgan fingerprint density at radius 1 is 0.974 bits per heavy atom. The zero-order valence-electron chi connectivity index (χ0n) is 22.3. The van der Waals surface area contributed by atoms with Gasteiger partial charge < -0.3 is 5.32 Å². The fraction of sp³-hybridized carbons (Fsp3) is 0.312. The molecule has 1 amide bonds. The first-order valence-corrected chi connectivity index (χ1v) is 13.8. The molecule has 4 aromatic rings. The molecule has 5 nitrogen and oxygen atoms in total. The molecule has 1 aromatic heterocycles. The fourth-order valence-electron chi connectivity index (χ4n) is 6.82. The van der Waals surface area contributed by atoms with Crippen LogP contribution in [0.15, 0.2) is 60.7 Å². The van der Waals surface area contributed by atoms with E-state index >= 15 is 0 Å². The number of anilines is 1. The van der Waals surface area contributed by atoms with Crippen molar-refractivity contribution in [2.75, 3.05) is 5.32 Å². The summed E-state index contributed by atoms with van der Waals surface area (Å²) in [4.78, 5) is 24.4. The fourth-order valence-corrected chi connectivity index (χ4v) is 7.22. The number of para-hydroxylation sites is 2. The van der Waals surface area contributed by atoms with Crippen LogP contribution in [0.1, 0.15) is 67.6 Å². The van der Waals surface area contributed by atoms with Gasteiger partial charge in [0.2, 0.25) is 5.91 Å². The number of benzene rings is 3. The van der Waals surface area contributed by atoms with Crippen LogP contribution in [0.3, 0.4) is 0 Å². The predicted octanol–water partition coefficient (Wildman–Crippen LogP) is 7.87. The van der Waals surface area contributed by atoms with Crippen LogP contribution in [-0.4, -0.2) is 15.9 Å². The Kier molecular flexibility index (Phi) is 5.81. The van der Waals surface area contributed by atoms with E-state index in [2.05, 4.69) is 32.2 Å². The summed E-state index contributed by atoms with van der Waals surface area (Å²) >= 11 is 12.8. The van der Waals surface area contributed by atoms with Gasteiger partial charge in [0, 0.05) is 21.1 Å². The minimum Gasteiger partial charge on any atom is -0.325 e. The third kappa shape index (κ3) is 3.48. The molecular weight excluding hydrogens is 527 g/mol. The number of nitrogens with one attached hydrogen (secondary N) is 1. The standard InChI is InChI=1S/C32H28Cl2N4O/c1-18-15-21(22(17-35)19-9-11-20(33)12-10-19)23(34)16-26(18)38-29(39)32-14-13-31(4,30(32,2)3)27-28(32)37-25-8-6-5-7-24(25)36-27/h5-12,15-16,22H,13-14H2,1-4H3,(H,38,39). The first-order chi connectivity index (χ1) is 18.5. The molecule has 2 aliphatic carbocycles. The van der Waals surface area contributed by atoms with E-state index in [0.717, 1.165) is 40.0 Å². The molecule has 6 rings (SSSR count). The monoisotopic (exact) mass is 554 g/mol. The topological polar surface area (TPSA) is 78.7 Å². The molecule has 0 radical (unpaired) electrons. The van der Waals surface area contributed by atoms with Gasteiger partial charge in [0.25, 0.3) is 0 Å². The van der Waals surface area contributed by atoms with Crippen LogP contribution in [-0.2, 0) is 15.6 Å². The van der Waals surface area contributed by atoms with E-state index in [4.69, 9.17) is 33.2 Å². The molecule has 0 spiro atoms. The van der Waals surface area contributed by atoms with Gasteiger partial charge >= 0.3 is 0 Å². The lowest BCUT2D eigenvalue weighted by molar-refractivity contribution is -0.125. The average Bonchev–Trinajstić information content (AvgIpc) is 3.21. The van der Waals surface area contributed by atoms with Crippen molar-refractivity contribution in [3.63, 3.8) is 0 Å². The number of fused-ring (bicyclic) bond motifs is 6. The molecule has 3 aromatic carbocycles. The Balaban J connectivity index is 1.40. The normalized spacial score (nSPS) is 23.3. The molecule has 39 heavy (non-hydrogen) atoms. The summed E-state index contributed by atoms with van der Waals surface area (Å²) < 4.78 is 0. The van der Waals surface area contributed by atoms with Crippen molar-refractivity contribution in [2.24, 2.45) is 5.41 Å². The zero-order valence-corrected chi connectivity index (χ0v) is 23.8. The van der Waals surface area contributed by atoms with E-state index in [1.807, 2.05) is 49.4 Å². The van der Waals surface area contributed by atoms with Gasteiger partial charge in [0.15, 0.2) is 0 Å². The van der Waals surface area contributed by atoms with Gasteiger partial charge in [-0.2, -0.15) is 5.26 Å². The predicted molar refractivity (Wildman–Crippen MR) is 155 cm³/mol. The molecule has 3 unspecified atom stereocenters. The highest BCUT2D eigenvalue weighted by atomic mass is 35.5. The van der Waals surface area contributed by atoms with Gasteiger partial charge in [-0.15, -0.1) is 0 Å². The minimum absolute atomic E-state index is 0.0963. The first kappa shape index (κ1) is 25.8. The number of carbonyl (C=O) groups excluding carboxylic acids is 1. The van der Waals surface area contributed by atoms with E-state index in [1.54, 1.807) is 18.2 Å². The lowest BCUT2D eigenvalue weighted by atomic mass is 9.63.